The molecule has 2 heterocycles. The predicted molar refractivity (Wildman–Crippen MR) is 135 cm³/mol. The molecule has 2 saturated heterocycles. The number of aryl methyl sites for hydroxylation is 2. The van der Waals surface area contributed by atoms with E-state index in [0.717, 1.165) is 16.0 Å². The smallest absolute Gasteiger partial charge is 0.278 e. The van der Waals surface area contributed by atoms with Gasteiger partial charge in [-0.25, -0.2) is 9.96 Å². The van der Waals surface area contributed by atoms with Crippen LogP contribution in [0.25, 0.3) is 0 Å². The lowest BCUT2D eigenvalue weighted by Crippen LogP contribution is -2.38. The number of fused-ring (bicyclic) bond motifs is 1. The SMILES string of the molecule is COc1cc([C@@H]2[C@H]3C(=O)N(c4ccc(C)cc4C)C(=O)[C@H]3ON2c2ccccc2)c([N+](=O)[O-])cc1OC. The van der Waals surface area contributed by atoms with Crippen molar-refractivity contribution in [3.63, 3.8) is 0 Å². The van der Waals surface area contributed by atoms with Crippen LogP contribution in [0.2, 0.25) is 0 Å². The van der Waals surface area contributed by atoms with Gasteiger partial charge >= 0.3 is 0 Å². The van der Waals surface area contributed by atoms with Gasteiger partial charge < -0.3 is 9.47 Å². The molecule has 10 heteroatoms. The Labute approximate surface area is 213 Å². The van der Waals surface area contributed by atoms with Crippen molar-refractivity contribution in [1.82, 2.24) is 0 Å². The van der Waals surface area contributed by atoms with Gasteiger partial charge in [-0.3, -0.25) is 24.5 Å². The van der Waals surface area contributed by atoms with Gasteiger partial charge in [0, 0.05) is 0 Å². The van der Waals surface area contributed by atoms with Gasteiger partial charge in [0.25, 0.3) is 11.6 Å². The molecule has 0 radical (unpaired) electrons. The molecule has 10 nitrogen and oxygen atoms in total. The molecule has 0 unspecified atom stereocenters. The standard InChI is InChI=1S/C27H25N3O7/c1-15-10-11-19(16(2)12-15)28-26(31)23-24(18-13-21(35-3)22(36-4)14-20(18)30(33)34)29(37-25(23)27(28)32)17-8-6-5-7-9-17/h5-14,23-25H,1-4H3/t23-,24-,25+/m1/s1. The minimum atomic E-state index is -1.16. The fourth-order valence-corrected chi connectivity index (χ4v) is 5.10. The number of amides is 2. The van der Waals surface area contributed by atoms with Crippen LogP contribution in [0.4, 0.5) is 17.1 Å². The van der Waals surface area contributed by atoms with Crippen LogP contribution in [-0.2, 0) is 14.4 Å². The maximum absolute atomic E-state index is 13.9. The van der Waals surface area contributed by atoms with E-state index in [0.29, 0.717) is 11.4 Å². The van der Waals surface area contributed by atoms with Crippen LogP contribution in [0.5, 0.6) is 11.5 Å². The second kappa shape index (κ2) is 9.21. The maximum atomic E-state index is 13.9. The van der Waals surface area contributed by atoms with E-state index >= 15 is 0 Å². The Balaban J connectivity index is 1.69. The summed E-state index contributed by atoms with van der Waals surface area (Å²) in [5.74, 6) is -1.62. The van der Waals surface area contributed by atoms with Crippen LogP contribution >= 0.6 is 0 Å². The number of para-hydroxylation sites is 1. The summed E-state index contributed by atoms with van der Waals surface area (Å²) < 4.78 is 10.7. The van der Waals surface area contributed by atoms with E-state index in [9.17, 15) is 19.7 Å². The number of hydrogen-bond acceptors (Lipinski definition) is 8. The molecule has 5 rings (SSSR count). The average Bonchev–Trinajstić information content (AvgIpc) is 3.39. The number of rotatable bonds is 6. The summed E-state index contributed by atoms with van der Waals surface area (Å²) in [5, 5.41) is 13.6. The number of ether oxygens (including phenoxy) is 2. The van der Waals surface area contributed by atoms with Crippen molar-refractivity contribution in [2.45, 2.75) is 26.0 Å². The third-order valence-corrected chi connectivity index (χ3v) is 6.77. The zero-order chi connectivity index (χ0) is 26.4. The molecular weight excluding hydrogens is 478 g/mol. The van der Waals surface area contributed by atoms with E-state index in [4.69, 9.17) is 14.3 Å². The number of nitro benzene ring substituents is 1. The maximum Gasteiger partial charge on any atom is 0.278 e. The number of imide groups is 1. The van der Waals surface area contributed by atoms with Crippen LogP contribution in [-0.4, -0.2) is 37.1 Å². The van der Waals surface area contributed by atoms with Gasteiger partial charge in [0.05, 0.1) is 42.1 Å². The number of carbonyl (C=O) groups is 2. The van der Waals surface area contributed by atoms with Gasteiger partial charge in [0.1, 0.15) is 12.0 Å². The normalized spacial score (nSPS) is 20.8. The molecule has 3 aromatic carbocycles. The molecule has 190 valence electrons. The Morgan fingerprint density at radius 3 is 2.22 bits per heavy atom. The van der Waals surface area contributed by atoms with E-state index < -0.39 is 34.8 Å². The second-order valence-electron chi connectivity index (χ2n) is 8.98. The quantitative estimate of drug-likeness (QED) is 0.278. The van der Waals surface area contributed by atoms with Crippen molar-refractivity contribution in [2.24, 2.45) is 5.92 Å². The first-order valence-corrected chi connectivity index (χ1v) is 11.6. The Hall–Kier alpha value is -4.44. The lowest BCUT2D eigenvalue weighted by Gasteiger charge is -2.29. The van der Waals surface area contributed by atoms with E-state index in [1.807, 2.05) is 32.0 Å². The largest absolute Gasteiger partial charge is 0.493 e. The fraction of sp³-hybridized carbons (Fsp3) is 0.259. The molecule has 0 aromatic heterocycles. The molecule has 2 aliphatic rings. The van der Waals surface area contributed by atoms with Crippen molar-refractivity contribution < 1.29 is 28.8 Å². The molecule has 2 fully saturated rings. The van der Waals surface area contributed by atoms with Crippen molar-refractivity contribution in [3.05, 3.63) is 87.5 Å². The van der Waals surface area contributed by atoms with E-state index in [1.165, 1.54) is 31.4 Å². The van der Waals surface area contributed by atoms with Gasteiger partial charge in [-0.2, -0.15) is 0 Å². The summed E-state index contributed by atoms with van der Waals surface area (Å²) >= 11 is 0. The number of methoxy groups -OCH3 is 2. The Morgan fingerprint density at radius 2 is 1.59 bits per heavy atom. The number of hydroxylamine groups is 1. The molecule has 3 atom stereocenters. The highest BCUT2D eigenvalue weighted by Crippen LogP contribution is 2.51. The molecular formula is C27H25N3O7. The van der Waals surface area contributed by atoms with Gasteiger partial charge in [-0.15, -0.1) is 0 Å². The highest BCUT2D eigenvalue weighted by atomic mass is 16.7. The van der Waals surface area contributed by atoms with Gasteiger partial charge in [-0.05, 0) is 43.7 Å². The topological polar surface area (TPSA) is 111 Å². The summed E-state index contributed by atoms with van der Waals surface area (Å²) in [7, 11) is 2.80. The molecule has 2 aliphatic heterocycles. The predicted octanol–water partition coefficient (Wildman–Crippen LogP) is 4.28. The second-order valence-corrected chi connectivity index (χ2v) is 8.98. The molecule has 0 saturated carbocycles. The molecule has 0 aliphatic carbocycles. The van der Waals surface area contributed by atoms with Crippen molar-refractivity contribution in [3.8, 4) is 11.5 Å². The summed E-state index contributed by atoms with van der Waals surface area (Å²) in [6.07, 6.45) is -1.16. The lowest BCUT2D eigenvalue weighted by molar-refractivity contribution is -0.385. The zero-order valence-electron chi connectivity index (χ0n) is 20.7. The molecule has 3 aromatic rings. The number of nitro groups is 1. The first-order valence-electron chi connectivity index (χ1n) is 11.6. The summed E-state index contributed by atoms with van der Waals surface area (Å²) in [6, 6.07) is 16.0. The monoisotopic (exact) mass is 503 g/mol. The van der Waals surface area contributed by atoms with Crippen molar-refractivity contribution in [2.75, 3.05) is 24.2 Å². The highest BCUT2D eigenvalue weighted by Gasteiger charge is 2.61. The van der Waals surface area contributed by atoms with Crippen LogP contribution in [0.15, 0.2) is 60.7 Å². The van der Waals surface area contributed by atoms with Gasteiger partial charge in [0.2, 0.25) is 5.91 Å². The van der Waals surface area contributed by atoms with Gasteiger partial charge in [-0.1, -0.05) is 35.9 Å². The molecule has 37 heavy (non-hydrogen) atoms. The van der Waals surface area contributed by atoms with E-state index in [-0.39, 0.29) is 22.7 Å². The fourth-order valence-electron chi connectivity index (χ4n) is 5.10. The number of carbonyl (C=O) groups excluding carboxylic acids is 2. The van der Waals surface area contributed by atoms with E-state index in [2.05, 4.69) is 0 Å². The number of benzene rings is 3. The van der Waals surface area contributed by atoms with Gasteiger partial charge in [0.15, 0.2) is 17.6 Å². The lowest BCUT2D eigenvalue weighted by atomic mass is 9.89. The average molecular weight is 504 g/mol. The summed E-state index contributed by atoms with van der Waals surface area (Å²) in [4.78, 5) is 46.4. The minimum Gasteiger partial charge on any atom is -0.493 e. The Bertz CT molecular complexity index is 1410. The summed E-state index contributed by atoms with van der Waals surface area (Å²) in [6.45, 7) is 3.75. The van der Waals surface area contributed by atoms with Crippen molar-refractivity contribution >= 4 is 28.9 Å². The number of hydrogen-bond donors (Lipinski definition) is 0. The number of nitrogens with zero attached hydrogens (tertiary/aromatic N) is 3. The third kappa shape index (κ3) is 3.86. The molecule has 0 spiro atoms. The minimum absolute atomic E-state index is 0.169. The molecule has 2 amide bonds. The van der Waals surface area contributed by atoms with Crippen LogP contribution in [0.3, 0.4) is 0 Å². The van der Waals surface area contributed by atoms with E-state index in [1.54, 1.807) is 30.3 Å². The first-order chi connectivity index (χ1) is 17.8. The Morgan fingerprint density at radius 1 is 0.919 bits per heavy atom. The zero-order valence-corrected chi connectivity index (χ0v) is 20.7. The van der Waals surface area contributed by atoms with Crippen LogP contribution in [0.1, 0.15) is 22.7 Å². The highest BCUT2D eigenvalue weighted by molar-refractivity contribution is 6.24. The summed E-state index contributed by atoms with van der Waals surface area (Å²) in [5.41, 5.74) is 2.65. The molecule has 0 N–H and O–H groups in total. The first kappa shape index (κ1) is 24.3. The third-order valence-electron chi connectivity index (χ3n) is 6.77. The van der Waals surface area contributed by atoms with Crippen molar-refractivity contribution in [1.29, 1.82) is 0 Å². The van der Waals surface area contributed by atoms with Crippen LogP contribution in [0, 0.1) is 29.9 Å². The number of anilines is 2. The Kier molecular flexibility index (Phi) is 6.04. The molecule has 0 bridgehead atoms. The van der Waals surface area contributed by atoms with Crippen LogP contribution < -0.4 is 19.4 Å².